The van der Waals surface area contributed by atoms with E-state index in [1.165, 1.54) is 18.0 Å². The maximum Gasteiger partial charge on any atom is 0.290 e. The minimum absolute atomic E-state index is 0.116. The second-order valence-corrected chi connectivity index (χ2v) is 5.97. The summed E-state index contributed by atoms with van der Waals surface area (Å²) >= 11 is 0. The van der Waals surface area contributed by atoms with Crippen molar-refractivity contribution in [3.63, 3.8) is 0 Å². The Hall–Kier alpha value is -2.43. The van der Waals surface area contributed by atoms with E-state index in [0.717, 1.165) is 31.5 Å². The van der Waals surface area contributed by atoms with E-state index in [9.17, 15) is 9.59 Å². The SMILES string of the molecule is CC(=O)c1c(-c2ccccc2)nn(C)c(=O)c1N1CCCCC1. The molecule has 3 rings (SSSR count). The number of hydrogen-bond donors (Lipinski definition) is 0. The first-order valence-electron chi connectivity index (χ1n) is 8.02. The van der Waals surface area contributed by atoms with Gasteiger partial charge in [-0.3, -0.25) is 9.59 Å². The zero-order chi connectivity index (χ0) is 16.4. The molecular formula is C18H21N3O2. The summed E-state index contributed by atoms with van der Waals surface area (Å²) in [6.45, 7) is 3.14. The van der Waals surface area contributed by atoms with Crippen molar-refractivity contribution in [2.24, 2.45) is 7.05 Å². The lowest BCUT2D eigenvalue weighted by Gasteiger charge is -2.30. The van der Waals surface area contributed by atoms with Gasteiger partial charge in [-0.05, 0) is 26.2 Å². The standard InChI is InChI=1S/C18H21N3O2/c1-13(22)15-16(14-9-5-3-6-10-14)19-20(2)18(23)17(15)21-11-7-4-8-12-21/h3,5-6,9-10H,4,7-8,11-12H2,1-2H3. The number of carbonyl (C=O) groups is 1. The number of ketones is 1. The first-order chi connectivity index (χ1) is 11.1. The minimum Gasteiger partial charge on any atom is -0.366 e. The van der Waals surface area contributed by atoms with Crippen molar-refractivity contribution < 1.29 is 4.79 Å². The number of carbonyl (C=O) groups excluding carboxylic acids is 1. The lowest BCUT2D eigenvalue weighted by molar-refractivity contribution is 0.101. The monoisotopic (exact) mass is 311 g/mol. The average molecular weight is 311 g/mol. The van der Waals surface area contributed by atoms with Gasteiger partial charge in [-0.15, -0.1) is 0 Å². The molecule has 1 aromatic carbocycles. The number of anilines is 1. The molecule has 0 aliphatic carbocycles. The van der Waals surface area contributed by atoms with E-state index in [2.05, 4.69) is 10.00 Å². The Morgan fingerprint density at radius 2 is 1.74 bits per heavy atom. The Labute approximate surface area is 135 Å². The van der Waals surface area contributed by atoms with E-state index < -0.39 is 0 Å². The van der Waals surface area contributed by atoms with Gasteiger partial charge in [0.15, 0.2) is 5.78 Å². The summed E-state index contributed by atoms with van der Waals surface area (Å²) in [6, 6.07) is 9.57. The van der Waals surface area contributed by atoms with Gasteiger partial charge in [-0.2, -0.15) is 5.10 Å². The number of aromatic nitrogens is 2. The van der Waals surface area contributed by atoms with Crippen molar-refractivity contribution in [2.45, 2.75) is 26.2 Å². The number of nitrogens with zero attached hydrogens (tertiary/aromatic N) is 3. The Morgan fingerprint density at radius 3 is 2.35 bits per heavy atom. The second-order valence-electron chi connectivity index (χ2n) is 5.97. The molecule has 0 amide bonds. The van der Waals surface area contributed by atoms with Crippen LogP contribution in [-0.2, 0) is 7.05 Å². The number of hydrogen-bond acceptors (Lipinski definition) is 4. The van der Waals surface area contributed by atoms with E-state index in [4.69, 9.17) is 0 Å². The molecule has 5 nitrogen and oxygen atoms in total. The highest BCUT2D eigenvalue weighted by atomic mass is 16.1. The maximum absolute atomic E-state index is 12.7. The van der Waals surface area contributed by atoms with Crippen molar-refractivity contribution in [2.75, 3.05) is 18.0 Å². The number of piperidine rings is 1. The van der Waals surface area contributed by atoms with Crippen LogP contribution < -0.4 is 10.5 Å². The quantitative estimate of drug-likeness (QED) is 0.818. The Balaban J connectivity index is 2.27. The second kappa shape index (κ2) is 6.36. The minimum atomic E-state index is -0.197. The number of Topliss-reactive ketones (excluding diaryl/α,β-unsaturated/α-hetero) is 1. The molecule has 1 fully saturated rings. The van der Waals surface area contributed by atoms with Crippen molar-refractivity contribution in [1.82, 2.24) is 9.78 Å². The van der Waals surface area contributed by atoms with Gasteiger partial charge < -0.3 is 4.90 Å². The molecule has 1 aliphatic rings. The van der Waals surface area contributed by atoms with Crippen LogP contribution in [0.25, 0.3) is 11.3 Å². The summed E-state index contributed by atoms with van der Waals surface area (Å²) in [5.41, 5.74) is 2.19. The van der Waals surface area contributed by atoms with Crippen LogP contribution >= 0.6 is 0 Å². The van der Waals surface area contributed by atoms with Crippen LogP contribution in [-0.4, -0.2) is 28.7 Å². The third-order valence-electron chi connectivity index (χ3n) is 4.29. The molecule has 2 aromatic rings. The highest BCUT2D eigenvalue weighted by molar-refractivity contribution is 6.04. The molecule has 23 heavy (non-hydrogen) atoms. The molecule has 1 aliphatic heterocycles. The molecule has 0 saturated carbocycles. The highest BCUT2D eigenvalue weighted by Crippen LogP contribution is 2.28. The smallest absolute Gasteiger partial charge is 0.290 e. The summed E-state index contributed by atoms with van der Waals surface area (Å²) < 4.78 is 1.35. The fraction of sp³-hybridized carbons (Fsp3) is 0.389. The van der Waals surface area contributed by atoms with Crippen molar-refractivity contribution in [3.8, 4) is 11.3 Å². The van der Waals surface area contributed by atoms with Gasteiger partial charge in [0.25, 0.3) is 5.56 Å². The predicted octanol–water partition coefficient (Wildman–Crippen LogP) is 2.64. The molecule has 0 bridgehead atoms. The number of rotatable bonds is 3. The molecule has 5 heteroatoms. The Morgan fingerprint density at radius 1 is 1.09 bits per heavy atom. The highest BCUT2D eigenvalue weighted by Gasteiger charge is 2.25. The van der Waals surface area contributed by atoms with Gasteiger partial charge in [-0.25, -0.2) is 4.68 Å². The molecule has 1 saturated heterocycles. The molecule has 0 spiro atoms. The summed E-state index contributed by atoms with van der Waals surface area (Å²) in [5.74, 6) is -0.116. The van der Waals surface area contributed by atoms with Crippen LogP contribution in [0.1, 0.15) is 36.5 Å². The predicted molar refractivity (Wildman–Crippen MR) is 91.0 cm³/mol. The average Bonchev–Trinajstić information content (AvgIpc) is 2.58. The zero-order valence-corrected chi connectivity index (χ0v) is 13.6. The fourth-order valence-electron chi connectivity index (χ4n) is 3.16. The van der Waals surface area contributed by atoms with E-state index in [1.807, 2.05) is 30.3 Å². The Bertz CT molecular complexity index is 775. The van der Waals surface area contributed by atoms with Crippen LogP contribution in [0, 0.1) is 0 Å². The van der Waals surface area contributed by atoms with Crippen molar-refractivity contribution in [1.29, 1.82) is 0 Å². The first kappa shape index (κ1) is 15.5. The summed E-state index contributed by atoms with van der Waals surface area (Å²) in [6.07, 6.45) is 3.26. The van der Waals surface area contributed by atoms with Gasteiger partial charge in [0, 0.05) is 25.7 Å². The third-order valence-corrected chi connectivity index (χ3v) is 4.29. The lowest BCUT2D eigenvalue weighted by atomic mass is 10.0. The molecule has 0 N–H and O–H groups in total. The van der Waals surface area contributed by atoms with Gasteiger partial charge in [0.1, 0.15) is 11.4 Å². The normalized spacial score (nSPS) is 14.8. The Kier molecular flexibility index (Phi) is 4.28. The summed E-state index contributed by atoms with van der Waals surface area (Å²) in [4.78, 5) is 27.1. The first-order valence-corrected chi connectivity index (χ1v) is 8.02. The van der Waals surface area contributed by atoms with Gasteiger partial charge >= 0.3 is 0 Å². The van der Waals surface area contributed by atoms with Crippen LogP contribution in [0.15, 0.2) is 35.1 Å². The number of benzene rings is 1. The molecule has 0 radical (unpaired) electrons. The molecule has 0 atom stereocenters. The molecular weight excluding hydrogens is 290 g/mol. The lowest BCUT2D eigenvalue weighted by Crippen LogP contribution is -2.38. The molecule has 2 heterocycles. The number of aryl methyl sites for hydroxylation is 1. The van der Waals surface area contributed by atoms with E-state index in [-0.39, 0.29) is 11.3 Å². The molecule has 1 aromatic heterocycles. The van der Waals surface area contributed by atoms with Crippen LogP contribution in [0.5, 0.6) is 0 Å². The van der Waals surface area contributed by atoms with Crippen LogP contribution in [0.4, 0.5) is 5.69 Å². The van der Waals surface area contributed by atoms with Crippen LogP contribution in [0.3, 0.4) is 0 Å². The maximum atomic E-state index is 12.7. The molecule has 0 unspecified atom stereocenters. The molecule has 120 valence electrons. The largest absolute Gasteiger partial charge is 0.366 e. The van der Waals surface area contributed by atoms with Gasteiger partial charge in [0.05, 0.1) is 5.56 Å². The topological polar surface area (TPSA) is 55.2 Å². The van der Waals surface area contributed by atoms with Crippen molar-refractivity contribution in [3.05, 3.63) is 46.2 Å². The zero-order valence-electron chi connectivity index (χ0n) is 13.6. The van der Waals surface area contributed by atoms with Crippen molar-refractivity contribution >= 4 is 11.5 Å². The van der Waals surface area contributed by atoms with E-state index in [1.54, 1.807) is 7.05 Å². The van der Waals surface area contributed by atoms with Gasteiger partial charge in [0.2, 0.25) is 0 Å². The van der Waals surface area contributed by atoms with Crippen LogP contribution in [0.2, 0.25) is 0 Å². The van der Waals surface area contributed by atoms with E-state index in [0.29, 0.717) is 16.9 Å². The summed E-state index contributed by atoms with van der Waals surface area (Å²) in [5, 5.41) is 4.38. The third kappa shape index (κ3) is 2.91. The van der Waals surface area contributed by atoms with Gasteiger partial charge in [-0.1, -0.05) is 30.3 Å². The fourth-order valence-corrected chi connectivity index (χ4v) is 3.16. The van der Waals surface area contributed by atoms with E-state index >= 15 is 0 Å². The summed E-state index contributed by atoms with van der Waals surface area (Å²) in [7, 11) is 1.64.